The van der Waals surface area contributed by atoms with Crippen LogP contribution in [0.2, 0.25) is 0 Å². The minimum absolute atomic E-state index is 0.346. The van der Waals surface area contributed by atoms with Crippen LogP contribution in [0.4, 0.5) is 0 Å². The summed E-state index contributed by atoms with van der Waals surface area (Å²) < 4.78 is 0. The van der Waals surface area contributed by atoms with E-state index in [9.17, 15) is 5.11 Å². The van der Waals surface area contributed by atoms with E-state index >= 15 is 0 Å². The Morgan fingerprint density at radius 1 is 1.47 bits per heavy atom. The highest BCUT2D eigenvalue weighted by molar-refractivity contribution is 5.29. The predicted molar refractivity (Wildman–Crippen MR) is 65.8 cm³/mol. The normalized spacial score (nSPS) is 27.6. The molecule has 86 valence electrons. The summed E-state index contributed by atoms with van der Waals surface area (Å²) in [6.07, 6.45) is 11.7. The summed E-state index contributed by atoms with van der Waals surface area (Å²) in [5.41, 5.74) is 0.720. The summed E-state index contributed by atoms with van der Waals surface area (Å²) >= 11 is 0. The summed E-state index contributed by atoms with van der Waals surface area (Å²) in [7, 11) is 0. The zero-order chi connectivity index (χ0) is 11.3. The van der Waals surface area contributed by atoms with E-state index in [-0.39, 0.29) is 0 Å². The molecule has 1 N–H and O–H groups in total. The average Bonchev–Trinajstić information content (AvgIpc) is 2.25. The van der Waals surface area contributed by atoms with Crippen molar-refractivity contribution in [1.29, 1.82) is 0 Å². The zero-order valence-electron chi connectivity index (χ0n) is 10.3. The molecule has 0 aromatic rings. The average molecular weight is 208 g/mol. The second-order valence-corrected chi connectivity index (χ2v) is 4.73. The van der Waals surface area contributed by atoms with Gasteiger partial charge < -0.3 is 5.11 Å². The second-order valence-electron chi connectivity index (χ2n) is 4.73. The maximum Gasteiger partial charge on any atom is 0.0892 e. The van der Waals surface area contributed by atoms with E-state index in [0.29, 0.717) is 5.92 Å². The molecule has 0 fully saturated rings. The van der Waals surface area contributed by atoms with Crippen molar-refractivity contribution in [2.75, 3.05) is 0 Å². The van der Waals surface area contributed by atoms with Gasteiger partial charge in [0.1, 0.15) is 0 Å². The lowest BCUT2D eigenvalue weighted by atomic mass is 9.79. The lowest BCUT2D eigenvalue weighted by Crippen LogP contribution is -2.34. The van der Waals surface area contributed by atoms with Crippen molar-refractivity contribution in [2.45, 2.75) is 58.5 Å². The fourth-order valence-corrected chi connectivity index (χ4v) is 2.06. The molecule has 0 amide bonds. The Morgan fingerprint density at radius 3 is 2.80 bits per heavy atom. The first-order valence-electron chi connectivity index (χ1n) is 6.23. The molecule has 0 saturated carbocycles. The van der Waals surface area contributed by atoms with Gasteiger partial charge in [0.05, 0.1) is 5.60 Å². The highest BCUT2D eigenvalue weighted by Gasteiger charge is 2.30. The molecule has 2 atom stereocenters. The predicted octanol–water partition coefficient (Wildman–Crippen LogP) is 3.84. The van der Waals surface area contributed by atoms with E-state index in [1.165, 1.54) is 18.4 Å². The Hall–Kier alpha value is -0.560. The van der Waals surface area contributed by atoms with Gasteiger partial charge in [-0.15, -0.1) is 0 Å². The Bertz CT molecular complexity index is 252. The van der Waals surface area contributed by atoms with Gasteiger partial charge in [0.15, 0.2) is 0 Å². The minimum Gasteiger partial charge on any atom is -0.385 e. The molecule has 1 rings (SSSR count). The topological polar surface area (TPSA) is 20.2 Å². The highest BCUT2D eigenvalue weighted by Crippen LogP contribution is 2.32. The van der Waals surface area contributed by atoms with Gasteiger partial charge in [-0.25, -0.2) is 0 Å². The van der Waals surface area contributed by atoms with Gasteiger partial charge in [0.25, 0.3) is 0 Å². The molecule has 0 aromatic heterocycles. The van der Waals surface area contributed by atoms with Crippen LogP contribution in [0.25, 0.3) is 0 Å². The Kier molecular flexibility index (Phi) is 4.59. The molecule has 1 heteroatoms. The number of rotatable bonds is 5. The van der Waals surface area contributed by atoms with E-state index in [1.807, 2.05) is 0 Å². The summed E-state index contributed by atoms with van der Waals surface area (Å²) in [5, 5.41) is 10.5. The molecule has 1 aliphatic carbocycles. The maximum absolute atomic E-state index is 10.5. The monoisotopic (exact) mass is 208 g/mol. The fraction of sp³-hybridized carbons (Fsp3) is 0.714. The highest BCUT2D eigenvalue weighted by atomic mass is 16.3. The lowest BCUT2D eigenvalue weighted by Gasteiger charge is -2.32. The van der Waals surface area contributed by atoms with Crippen LogP contribution in [-0.4, -0.2) is 10.7 Å². The van der Waals surface area contributed by atoms with Crippen molar-refractivity contribution >= 4 is 0 Å². The third-order valence-corrected chi connectivity index (χ3v) is 3.50. The van der Waals surface area contributed by atoms with E-state index in [1.54, 1.807) is 0 Å². The first-order valence-corrected chi connectivity index (χ1v) is 6.23. The summed E-state index contributed by atoms with van der Waals surface area (Å²) in [5.74, 6) is 0.346. The lowest BCUT2D eigenvalue weighted by molar-refractivity contribution is 0.0348. The van der Waals surface area contributed by atoms with Crippen LogP contribution in [0.15, 0.2) is 23.8 Å². The molecule has 0 radical (unpaired) electrons. The SMILES string of the molecule is CCCCC1=CC(O)(C(C)CC)CC=C1. The smallest absolute Gasteiger partial charge is 0.0892 e. The van der Waals surface area contributed by atoms with Gasteiger partial charge >= 0.3 is 0 Å². The number of hydrogen-bond donors (Lipinski definition) is 1. The molecular weight excluding hydrogens is 184 g/mol. The summed E-state index contributed by atoms with van der Waals surface area (Å²) in [6, 6.07) is 0. The maximum atomic E-state index is 10.5. The third kappa shape index (κ3) is 3.20. The molecule has 1 nitrogen and oxygen atoms in total. The van der Waals surface area contributed by atoms with Gasteiger partial charge in [-0.05, 0) is 36.8 Å². The van der Waals surface area contributed by atoms with Crippen LogP contribution in [0.1, 0.15) is 52.9 Å². The molecule has 15 heavy (non-hydrogen) atoms. The molecule has 0 spiro atoms. The largest absolute Gasteiger partial charge is 0.385 e. The molecule has 1 aliphatic rings. The van der Waals surface area contributed by atoms with Crippen molar-refractivity contribution in [1.82, 2.24) is 0 Å². The van der Waals surface area contributed by atoms with Crippen molar-refractivity contribution in [3.63, 3.8) is 0 Å². The minimum atomic E-state index is -0.591. The van der Waals surface area contributed by atoms with Crippen molar-refractivity contribution in [2.24, 2.45) is 5.92 Å². The van der Waals surface area contributed by atoms with Crippen LogP contribution in [-0.2, 0) is 0 Å². The van der Waals surface area contributed by atoms with Gasteiger partial charge in [0.2, 0.25) is 0 Å². The molecule has 2 unspecified atom stereocenters. The number of allylic oxidation sites excluding steroid dienone is 2. The van der Waals surface area contributed by atoms with Gasteiger partial charge in [-0.3, -0.25) is 0 Å². The van der Waals surface area contributed by atoms with Crippen molar-refractivity contribution in [3.05, 3.63) is 23.8 Å². The molecule has 0 bridgehead atoms. The summed E-state index contributed by atoms with van der Waals surface area (Å²) in [4.78, 5) is 0. The molecule has 0 aliphatic heterocycles. The van der Waals surface area contributed by atoms with Gasteiger partial charge in [-0.1, -0.05) is 45.8 Å². The van der Waals surface area contributed by atoms with Gasteiger partial charge in [-0.2, -0.15) is 0 Å². The van der Waals surface area contributed by atoms with Crippen LogP contribution in [0.3, 0.4) is 0 Å². The number of unbranched alkanes of at least 4 members (excludes halogenated alkanes) is 1. The Morgan fingerprint density at radius 2 is 2.20 bits per heavy atom. The van der Waals surface area contributed by atoms with E-state index in [2.05, 4.69) is 39.0 Å². The fourth-order valence-electron chi connectivity index (χ4n) is 2.06. The Balaban J connectivity index is 2.69. The first kappa shape index (κ1) is 12.5. The first-order chi connectivity index (χ1) is 7.12. The second kappa shape index (κ2) is 5.50. The molecular formula is C14H24O. The number of aliphatic hydroxyl groups is 1. The Labute approximate surface area is 93.9 Å². The molecule has 0 heterocycles. The standard InChI is InChI=1S/C14H24O/c1-4-6-8-13-9-7-10-14(15,11-13)12(3)5-2/h7,9,11-12,15H,4-6,8,10H2,1-3H3. The van der Waals surface area contributed by atoms with E-state index in [0.717, 1.165) is 19.3 Å². The zero-order valence-corrected chi connectivity index (χ0v) is 10.3. The number of hydrogen-bond acceptors (Lipinski definition) is 1. The third-order valence-electron chi connectivity index (χ3n) is 3.50. The van der Waals surface area contributed by atoms with Crippen LogP contribution >= 0.6 is 0 Å². The van der Waals surface area contributed by atoms with Crippen molar-refractivity contribution < 1.29 is 5.11 Å². The van der Waals surface area contributed by atoms with Crippen LogP contribution in [0.5, 0.6) is 0 Å². The van der Waals surface area contributed by atoms with Crippen molar-refractivity contribution in [3.8, 4) is 0 Å². The molecule has 0 aromatic carbocycles. The van der Waals surface area contributed by atoms with Crippen LogP contribution in [0, 0.1) is 5.92 Å². The van der Waals surface area contributed by atoms with E-state index < -0.39 is 5.60 Å². The molecule has 0 saturated heterocycles. The quantitative estimate of drug-likeness (QED) is 0.727. The van der Waals surface area contributed by atoms with Crippen LogP contribution < -0.4 is 0 Å². The van der Waals surface area contributed by atoms with Gasteiger partial charge in [0, 0.05) is 0 Å². The summed E-state index contributed by atoms with van der Waals surface area (Å²) in [6.45, 7) is 6.47. The van der Waals surface area contributed by atoms with E-state index in [4.69, 9.17) is 0 Å².